The summed E-state index contributed by atoms with van der Waals surface area (Å²) in [7, 11) is -9.92. The Bertz CT molecular complexity index is 1940. The largest absolute Gasteiger partial charge is 0.472 e. The van der Waals surface area contributed by atoms with E-state index >= 15 is 0 Å². The molecule has 3 N–H and O–H groups in total. The van der Waals surface area contributed by atoms with E-state index in [9.17, 15) is 43.2 Å². The number of phosphoric ester groups is 2. The summed E-state index contributed by atoms with van der Waals surface area (Å²) in [5.74, 6) is 0.239. The highest BCUT2D eigenvalue weighted by molar-refractivity contribution is 7.47. The summed E-state index contributed by atoms with van der Waals surface area (Å²) in [6.07, 6.45) is 59.5. The van der Waals surface area contributed by atoms with E-state index in [2.05, 4.69) is 48.5 Å². The molecule has 594 valence electrons. The lowest BCUT2D eigenvalue weighted by atomic mass is 9.99. The molecule has 3 unspecified atom stereocenters. The molecule has 0 amide bonds. The van der Waals surface area contributed by atoms with Gasteiger partial charge in [0, 0.05) is 25.7 Å². The number of ether oxygens (including phenoxy) is 4. The molecule has 0 saturated heterocycles. The summed E-state index contributed by atoms with van der Waals surface area (Å²) in [5.41, 5.74) is 0. The Morgan fingerprint density at radius 2 is 0.510 bits per heavy atom. The standard InChI is InChI=1S/C81H158O17P2/c1-8-10-11-12-13-14-15-16-17-20-23-26-34-41-48-55-62-78(83)91-68-76(97-80(85)64-57-50-43-35-27-24-21-18-19-22-25-31-38-45-52-59-72(3)4)70-95-99(87,88)93-66-75(82)67-94-100(89,90)96-71-77(69-92-79(84)63-56-49-42-37-30-32-39-46-53-60-73(5)6)98-81(86)65-58-51-44-36-29-28-33-40-47-54-61-74(7)9-2/h72-77,82H,8-71H2,1-7H3,(H,87,88)(H,89,90)/t74?,75-,76-,77-/m1/s1. The van der Waals surface area contributed by atoms with Crippen molar-refractivity contribution in [3.05, 3.63) is 0 Å². The van der Waals surface area contributed by atoms with E-state index in [1.807, 2.05) is 0 Å². The molecule has 0 aliphatic carbocycles. The molecule has 0 aromatic carbocycles. The van der Waals surface area contributed by atoms with Gasteiger partial charge in [-0.25, -0.2) is 9.13 Å². The third kappa shape index (κ3) is 73.0. The fourth-order valence-corrected chi connectivity index (χ4v) is 14.0. The quantitative estimate of drug-likeness (QED) is 0.0222. The maximum atomic E-state index is 13.1. The number of rotatable bonds is 79. The van der Waals surface area contributed by atoms with Crippen molar-refractivity contribution in [2.45, 2.75) is 439 Å². The Morgan fingerprint density at radius 3 is 0.760 bits per heavy atom. The Labute approximate surface area is 613 Å². The van der Waals surface area contributed by atoms with Crippen LogP contribution in [0, 0.1) is 17.8 Å². The van der Waals surface area contributed by atoms with E-state index in [1.165, 1.54) is 231 Å². The van der Waals surface area contributed by atoms with Crippen LogP contribution in [-0.4, -0.2) is 96.7 Å². The van der Waals surface area contributed by atoms with Gasteiger partial charge < -0.3 is 33.8 Å². The van der Waals surface area contributed by atoms with Crippen molar-refractivity contribution in [3.63, 3.8) is 0 Å². The number of aliphatic hydroxyl groups is 1. The number of aliphatic hydroxyl groups excluding tert-OH is 1. The number of esters is 4. The van der Waals surface area contributed by atoms with Crippen molar-refractivity contribution >= 4 is 39.5 Å². The minimum atomic E-state index is -4.96. The zero-order valence-electron chi connectivity index (χ0n) is 65.7. The van der Waals surface area contributed by atoms with E-state index in [4.69, 9.17) is 37.0 Å². The van der Waals surface area contributed by atoms with Gasteiger partial charge in [0.1, 0.15) is 19.3 Å². The topological polar surface area (TPSA) is 237 Å². The molecule has 6 atom stereocenters. The highest BCUT2D eigenvalue weighted by Gasteiger charge is 2.30. The predicted octanol–water partition coefficient (Wildman–Crippen LogP) is 24.1. The fourth-order valence-electron chi connectivity index (χ4n) is 12.5. The molecule has 100 heavy (non-hydrogen) atoms. The smallest absolute Gasteiger partial charge is 0.462 e. The van der Waals surface area contributed by atoms with Crippen LogP contribution < -0.4 is 0 Å². The van der Waals surface area contributed by atoms with Crippen LogP contribution in [0.2, 0.25) is 0 Å². The van der Waals surface area contributed by atoms with Gasteiger partial charge in [0.2, 0.25) is 0 Å². The van der Waals surface area contributed by atoms with E-state index in [-0.39, 0.29) is 25.7 Å². The molecular weight excluding hydrogens is 1310 g/mol. The highest BCUT2D eigenvalue weighted by atomic mass is 31.2. The summed E-state index contributed by atoms with van der Waals surface area (Å²) in [6.45, 7) is 12.0. The molecule has 17 nitrogen and oxygen atoms in total. The van der Waals surface area contributed by atoms with E-state index in [1.54, 1.807) is 0 Å². The second-order valence-corrected chi connectivity index (χ2v) is 33.3. The van der Waals surface area contributed by atoms with Crippen molar-refractivity contribution in [1.29, 1.82) is 0 Å². The number of carbonyl (C=O) groups is 4. The molecule has 0 heterocycles. The van der Waals surface area contributed by atoms with E-state index in [0.717, 1.165) is 108 Å². The van der Waals surface area contributed by atoms with Gasteiger partial charge in [-0.2, -0.15) is 0 Å². The summed E-state index contributed by atoms with van der Waals surface area (Å²) in [5, 5.41) is 10.6. The summed E-state index contributed by atoms with van der Waals surface area (Å²) in [6, 6.07) is 0. The zero-order chi connectivity index (χ0) is 73.7. The first-order valence-corrected chi connectivity index (χ1v) is 44.9. The van der Waals surface area contributed by atoms with Gasteiger partial charge in [0.25, 0.3) is 0 Å². The minimum absolute atomic E-state index is 0.106. The van der Waals surface area contributed by atoms with Gasteiger partial charge in [-0.3, -0.25) is 37.3 Å². The molecule has 0 radical (unpaired) electrons. The van der Waals surface area contributed by atoms with Crippen molar-refractivity contribution in [3.8, 4) is 0 Å². The van der Waals surface area contributed by atoms with Gasteiger partial charge in [-0.1, -0.05) is 370 Å². The maximum Gasteiger partial charge on any atom is 0.472 e. The highest BCUT2D eigenvalue weighted by Crippen LogP contribution is 2.45. The van der Waals surface area contributed by atoms with Crippen LogP contribution >= 0.6 is 15.6 Å². The zero-order valence-corrected chi connectivity index (χ0v) is 67.5. The summed E-state index contributed by atoms with van der Waals surface area (Å²) >= 11 is 0. The number of hydrogen-bond acceptors (Lipinski definition) is 15. The molecule has 0 aliphatic rings. The second-order valence-electron chi connectivity index (χ2n) is 30.4. The van der Waals surface area contributed by atoms with Crippen LogP contribution in [0.3, 0.4) is 0 Å². The molecule has 0 rings (SSSR count). The lowest BCUT2D eigenvalue weighted by Crippen LogP contribution is -2.30. The molecule has 19 heteroatoms. The molecule has 0 bridgehead atoms. The Balaban J connectivity index is 5.27. The second kappa shape index (κ2) is 71.3. The van der Waals surface area contributed by atoms with E-state index < -0.39 is 97.5 Å². The van der Waals surface area contributed by atoms with Crippen LogP contribution in [0.1, 0.15) is 421 Å². The third-order valence-corrected chi connectivity index (χ3v) is 21.1. The average Bonchev–Trinajstić information content (AvgIpc) is 0.919. The Morgan fingerprint density at radius 1 is 0.290 bits per heavy atom. The number of hydrogen-bond donors (Lipinski definition) is 3. The van der Waals surface area contributed by atoms with Gasteiger partial charge in [-0.15, -0.1) is 0 Å². The molecular formula is C81H158O17P2. The first-order valence-electron chi connectivity index (χ1n) is 41.9. The van der Waals surface area contributed by atoms with Gasteiger partial charge in [0.05, 0.1) is 26.4 Å². The van der Waals surface area contributed by atoms with Crippen LogP contribution in [0.4, 0.5) is 0 Å². The maximum absolute atomic E-state index is 13.1. The van der Waals surface area contributed by atoms with Crippen LogP contribution in [0.5, 0.6) is 0 Å². The first-order chi connectivity index (χ1) is 48.3. The molecule has 0 aromatic heterocycles. The monoisotopic (exact) mass is 1470 g/mol. The summed E-state index contributed by atoms with van der Waals surface area (Å²) in [4.78, 5) is 73.1. The lowest BCUT2D eigenvalue weighted by molar-refractivity contribution is -0.161. The van der Waals surface area contributed by atoms with Gasteiger partial charge in [0.15, 0.2) is 12.2 Å². The summed E-state index contributed by atoms with van der Waals surface area (Å²) < 4.78 is 68.8. The lowest BCUT2D eigenvalue weighted by Gasteiger charge is -2.21. The molecule has 0 spiro atoms. The van der Waals surface area contributed by atoms with Crippen molar-refractivity contribution in [2.75, 3.05) is 39.6 Å². The minimum Gasteiger partial charge on any atom is -0.462 e. The third-order valence-electron chi connectivity index (χ3n) is 19.2. The fraction of sp³-hybridized carbons (Fsp3) is 0.951. The predicted molar refractivity (Wildman–Crippen MR) is 409 cm³/mol. The van der Waals surface area contributed by atoms with Crippen LogP contribution in [0.15, 0.2) is 0 Å². The Kier molecular flexibility index (Phi) is 69.9. The van der Waals surface area contributed by atoms with E-state index in [0.29, 0.717) is 25.7 Å². The van der Waals surface area contributed by atoms with Crippen LogP contribution in [0.25, 0.3) is 0 Å². The SMILES string of the molecule is CCCCCCCCCCCCCCCCCCC(=O)OC[C@H](COP(=O)(O)OC[C@@H](O)COP(=O)(O)OC[C@@H](COC(=O)CCCCCCCCCCCC(C)C)OC(=O)CCCCCCCCCCCCC(C)CC)OC(=O)CCCCCCCCCCCCCCCCCC(C)C. The number of carbonyl (C=O) groups excluding carboxylic acids is 4. The molecule has 0 aromatic rings. The normalized spacial score (nSPS) is 14.2. The van der Waals surface area contributed by atoms with Crippen LogP contribution in [-0.2, 0) is 65.4 Å². The number of unbranched alkanes of at least 4 members (excludes halogenated alkanes) is 46. The van der Waals surface area contributed by atoms with Crippen molar-refractivity contribution < 1.29 is 80.2 Å². The molecule has 0 saturated carbocycles. The number of phosphoric acid groups is 2. The Hall–Kier alpha value is -1.94. The molecule has 0 fully saturated rings. The van der Waals surface area contributed by atoms with Gasteiger partial charge >= 0.3 is 39.5 Å². The van der Waals surface area contributed by atoms with Crippen molar-refractivity contribution in [1.82, 2.24) is 0 Å². The first kappa shape index (κ1) is 98.1. The average molecular weight is 1470 g/mol. The molecule has 0 aliphatic heterocycles. The van der Waals surface area contributed by atoms with Gasteiger partial charge in [-0.05, 0) is 43.4 Å². The van der Waals surface area contributed by atoms with Crippen molar-refractivity contribution in [2.24, 2.45) is 17.8 Å².